The standard InChI is InChI=1S/C13H18N4OS/c1-9(17-7-5-6-14-17)11(18)16-12-15-10(8-19-12)13(2,3)4/h5-9H,1-4H3,(H,15,16,18). The molecule has 1 unspecified atom stereocenters. The molecular formula is C13H18N4OS. The number of carbonyl (C=O) groups excluding carboxylic acids is 1. The summed E-state index contributed by atoms with van der Waals surface area (Å²) in [7, 11) is 0. The van der Waals surface area contributed by atoms with Crippen LogP contribution in [0.5, 0.6) is 0 Å². The van der Waals surface area contributed by atoms with Crippen LogP contribution in [0.4, 0.5) is 5.13 Å². The summed E-state index contributed by atoms with van der Waals surface area (Å²) in [5.41, 5.74) is 0.979. The van der Waals surface area contributed by atoms with Gasteiger partial charge in [-0.25, -0.2) is 4.98 Å². The first-order valence-corrected chi connectivity index (χ1v) is 7.02. The van der Waals surface area contributed by atoms with E-state index in [0.717, 1.165) is 5.69 Å². The van der Waals surface area contributed by atoms with Crippen molar-refractivity contribution in [2.24, 2.45) is 0 Å². The highest BCUT2D eigenvalue weighted by atomic mass is 32.1. The zero-order valence-corrected chi connectivity index (χ0v) is 12.4. The Balaban J connectivity index is 2.05. The minimum atomic E-state index is -0.350. The van der Waals surface area contributed by atoms with Crippen molar-refractivity contribution in [1.29, 1.82) is 0 Å². The van der Waals surface area contributed by atoms with Crippen LogP contribution >= 0.6 is 11.3 Å². The first-order chi connectivity index (χ1) is 8.88. The van der Waals surface area contributed by atoms with Crippen LogP contribution in [0.2, 0.25) is 0 Å². The van der Waals surface area contributed by atoms with E-state index in [1.165, 1.54) is 11.3 Å². The van der Waals surface area contributed by atoms with Crippen LogP contribution in [0.1, 0.15) is 39.4 Å². The van der Waals surface area contributed by atoms with Crippen molar-refractivity contribution in [3.8, 4) is 0 Å². The second-order valence-corrected chi connectivity index (χ2v) is 6.30. The van der Waals surface area contributed by atoms with Gasteiger partial charge in [0.1, 0.15) is 6.04 Å². The van der Waals surface area contributed by atoms with Crippen molar-refractivity contribution in [3.05, 3.63) is 29.5 Å². The summed E-state index contributed by atoms with van der Waals surface area (Å²) in [6.07, 6.45) is 3.43. The smallest absolute Gasteiger partial charge is 0.250 e. The topological polar surface area (TPSA) is 59.8 Å². The zero-order chi connectivity index (χ0) is 14.0. The van der Waals surface area contributed by atoms with Crippen molar-refractivity contribution >= 4 is 22.4 Å². The van der Waals surface area contributed by atoms with Crippen molar-refractivity contribution in [2.45, 2.75) is 39.2 Å². The number of rotatable bonds is 3. The Hall–Kier alpha value is -1.69. The van der Waals surface area contributed by atoms with Gasteiger partial charge in [-0.2, -0.15) is 5.10 Å². The monoisotopic (exact) mass is 278 g/mol. The van der Waals surface area contributed by atoms with E-state index in [9.17, 15) is 4.79 Å². The Morgan fingerprint density at radius 3 is 2.74 bits per heavy atom. The van der Waals surface area contributed by atoms with Crippen molar-refractivity contribution in [2.75, 3.05) is 5.32 Å². The van der Waals surface area contributed by atoms with Gasteiger partial charge >= 0.3 is 0 Å². The molecule has 0 aliphatic rings. The molecule has 0 fully saturated rings. The Bertz CT molecular complexity index is 553. The summed E-state index contributed by atoms with van der Waals surface area (Å²) in [5.74, 6) is -0.112. The van der Waals surface area contributed by atoms with Crippen molar-refractivity contribution in [3.63, 3.8) is 0 Å². The molecule has 1 N–H and O–H groups in total. The zero-order valence-electron chi connectivity index (χ0n) is 11.5. The van der Waals surface area contributed by atoms with E-state index < -0.39 is 0 Å². The predicted molar refractivity (Wildman–Crippen MR) is 76.4 cm³/mol. The maximum absolute atomic E-state index is 12.1. The van der Waals surface area contributed by atoms with Gasteiger partial charge < -0.3 is 5.32 Å². The van der Waals surface area contributed by atoms with E-state index in [4.69, 9.17) is 0 Å². The van der Waals surface area contributed by atoms with Gasteiger partial charge in [0, 0.05) is 23.2 Å². The number of hydrogen-bond acceptors (Lipinski definition) is 4. The molecule has 2 rings (SSSR count). The normalized spacial score (nSPS) is 13.3. The van der Waals surface area contributed by atoms with Crippen LogP contribution in [-0.4, -0.2) is 20.7 Å². The molecule has 1 atom stereocenters. The fraction of sp³-hybridized carbons (Fsp3) is 0.462. The van der Waals surface area contributed by atoms with Crippen molar-refractivity contribution < 1.29 is 4.79 Å². The lowest BCUT2D eigenvalue weighted by molar-refractivity contribution is -0.119. The molecule has 0 spiro atoms. The van der Waals surface area contributed by atoms with Crippen LogP contribution in [0.25, 0.3) is 0 Å². The average molecular weight is 278 g/mol. The first-order valence-electron chi connectivity index (χ1n) is 6.14. The second-order valence-electron chi connectivity index (χ2n) is 5.44. The number of carbonyl (C=O) groups is 1. The van der Waals surface area contributed by atoms with E-state index in [1.807, 2.05) is 5.38 Å². The number of nitrogens with zero attached hydrogens (tertiary/aromatic N) is 3. The molecular weight excluding hydrogens is 260 g/mol. The van der Waals surface area contributed by atoms with E-state index in [0.29, 0.717) is 5.13 Å². The molecule has 5 nitrogen and oxygen atoms in total. The van der Waals surface area contributed by atoms with Crippen LogP contribution in [0.3, 0.4) is 0 Å². The minimum Gasteiger partial charge on any atom is -0.300 e. The lowest BCUT2D eigenvalue weighted by Crippen LogP contribution is -2.24. The summed E-state index contributed by atoms with van der Waals surface area (Å²) < 4.78 is 1.62. The molecule has 2 aromatic rings. The first kappa shape index (κ1) is 13.7. The average Bonchev–Trinajstić information content (AvgIpc) is 2.97. The number of amides is 1. The molecule has 0 aliphatic heterocycles. The van der Waals surface area contributed by atoms with Crippen LogP contribution < -0.4 is 5.32 Å². The van der Waals surface area contributed by atoms with Gasteiger partial charge in [0.25, 0.3) is 5.91 Å². The third kappa shape index (κ3) is 3.20. The Morgan fingerprint density at radius 1 is 1.47 bits per heavy atom. The van der Waals surface area contributed by atoms with E-state index in [1.54, 1.807) is 30.1 Å². The molecule has 0 aromatic carbocycles. The Morgan fingerprint density at radius 2 is 2.21 bits per heavy atom. The summed E-state index contributed by atoms with van der Waals surface area (Å²) in [4.78, 5) is 16.5. The molecule has 0 bridgehead atoms. The van der Waals surface area contributed by atoms with Gasteiger partial charge in [-0.15, -0.1) is 11.3 Å². The third-order valence-corrected chi connectivity index (χ3v) is 3.56. The highest BCUT2D eigenvalue weighted by Crippen LogP contribution is 2.26. The third-order valence-electron chi connectivity index (χ3n) is 2.80. The number of nitrogens with one attached hydrogen (secondary N) is 1. The van der Waals surface area contributed by atoms with Gasteiger partial charge in [0.05, 0.1) is 5.69 Å². The van der Waals surface area contributed by atoms with Crippen molar-refractivity contribution in [1.82, 2.24) is 14.8 Å². The molecule has 2 aromatic heterocycles. The fourth-order valence-electron chi connectivity index (χ4n) is 1.52. The predicted octanol–water partition coefficient (Wildman–Crippen LogP) is 2.84. The molecule has 19 heavy (non-hydrogen) atoms. The summed E-state index contributed by atoms with van der Waals surface area (Å²) in [6.45, 7) is 8.10. The van der Waals surface area contributed by atoms with Gasteiger partial charge in [-0.1, -0.05) is 20.8 Å². The molecule has 102 valence electrons. The lowest BCUT2D eigenvalue weighted by atomic mass is 9.93. The molecule has 0 saturated carbocycles. The molecule has 6 heteroatoms. The fourth-order valence-corrected chi connectivity index (χ4v) is 2.46. The van der Waals surface area contributed by atoms with Crippen LogP contribution in [0.15, 0.2) is 23.8 Å². The summed E-state index contributed by atoms with van der Waals surface area (Å²) in [5, 5.41) is 9.51. The molecule has 2 heterocycles. The molecule has 0 saturated heterocycles. The quantitative estimate of drug-likeness (QED) is 0.939. The van der Waals surface area contributed by atoms with E-state index in [2.05, 4.69) is 36.2 Å². The largest absolute Gasteiger partial charge is 0.300 e. The van der Waals surface area contributed by atoms with Crippen LogP contribution in [-0.2, 0) is 10.2 Å². The summed E-state index contributed by atoms with van der Waals surface area (Å²) in [6, 6.07) is 1.45. The minimum absolute atomic E-state index is 0.00687. The number of aromatic nitrogens is 3. The second kappa shape index (κ2) is 5.13. The highest BCUT2D eigenvalue weighted by Gasteiger charge is 2.20. The maximum Gasteiger partial charge on any atom is 0.250 e. The number of anilines is 1. The van der Waals surface area contributed by atoms with Gasteiger partial charge in [0.15, 0.2) is 5.13 Å². The highest BCUT2D eigenvalue weighted by molar-refractivity contribution is 7.13. The SMILES string of the molecule is CC(C(=O)Nc1nc(C(C)(C)C)cs1)n1cccn1. The summed E-state index contributed by atoms with van der Waals surface area (Å²) >= 11 is 1.45. The van der Waals surface area contributed by atoms with Gasteiger partial charge in [0.2, 0.25) is 0 Å². The molecule has 1 amide bonds. The number of hydrogen-bond donors (Lipinski definition) is 1. The lowest BCUT2D eigenvalue weighted by Gasteiger charge is -2.14. The van der Waals surface area contributed by atoms with Gasteiger partial charge in [-0.05, 0) is 13.0 Å². The Labute approximate surface area is 116 Å². The Kier molecular flexibility index (Phi) is 3.71. The number of thiazole rings is 1. The van der Waals surface area contributed by atoms with E-state index >= 15 is 0 Å². The van der Waals surface area contributed by atoms with E-state index in [-0.39, 0.29) is 17.4 Å². The van der Waals surface area contributed by atoms with Gasteiger partial charge in [-0.3, -0.25) is 9.48 Å². The maximum atomic E-state index is 12.1. The molecule has 0 radical (unpaired) electrons. The van der Waals surface area contributed by atoms with Crippen LogP contribution in [0, 0.1) is 0 Å². The molecule has 0 aliphatic carbocycles.